The molecule has 16 heavy (non-hydrogen) atoms. The lowest BCUT2D eigenvalue weighted by Crippen LogP contribution is -2.02. The molecule has 3 rings (SSSR count). The SMILES string of the molecule is O=C(c1ccc2c(c1)COC2)c1ccc[nH]1. The standard InChI is InChI=1S/C13H11NO2/c15-13(12-2-1-5-14-12)9-3-4-10-7-16-8-11(10)6-9/h1-6,14H,7-8H2. The van der Waals surface area contributed by atoms with Gasteiger partial charge in [-0.25, -0.2) is 0 Å². The van der Waals surface area contributed by atoms with Crippen LogP contribution in [0.15, 0.2) is 36.5 Å². The Bertz CT molecular complexity index is 529. The van der Waals surface area contributed by atoms with Gasteiger partial charge in [-0.3, -0.25) is 4.79 Å². The summed E-state index contributed by atoms with van der Waals surface area (Å²) in [6.07, 6.45) is 1.75. The lowest BCUT2D eigenvalue weighted by atomic mass is 10.0. The Morgan fingerprint density at radius 2 is 2.06 bits per heavy atom. The Kier molecular flexibility index (Phi) is 2.11. The molecule has 0 bridgehead atoms. The second-order valence-corrected chi connectivity index (χ2v) is 3.89. The van der Waals surface area contributed by atoms with Crippen LogP contribution >= 0.6 is 0 Å². The van der Waals surface area contributed by atoms with Crippen LogP contribution in [0, 0.1) is 0 Å². The van der Waals surface area contributed by atoms with Crippen molar-refractivity contribution in [2.75, 3.05) is 0 Å². The van der Waals surface area contributed by atoms with E-state index in [4.69, 9.17) is 4.74 Å². The average Bonchev–Trinajstić information content (AvgIpc) is 2.98. The van der Waals surface area contributed by atoms with Gasteiger partial charge >= 0.3 is 0 Å². The van der Waals surface area contributed by atoms with E-state index in [-0.39, 0.29) is 5.78 Å². The molecule has 3 heteroatoms. The van der Waals surface area contributed by atoms with Crippen molar-refractivity contribution in [1.82, 2.24) is 4.98 Å². The van der Waals surface area contributed by atoms with E-state index >= 15 is 0 Å². The van der Waals surface area contributed by atoms with Crippen molar-refractivity contribution in [3.05, 3.63) is 58.9 Å². The van der Waals surface area contributed by atoms with E-state index in [0.29, 0.717) is 24.5 Å². The van der Waals surface area contributed by atoms with Crippen LogP contribution in [0.2, 0.25) is 0 Å². The van der Waals surface area contributed by atoms with Gasteiger partial charge in [0.2, 0.25) is 5.78 Å². The van der Waals surface area contributed by atoms with Gasteiger partial charge in [0, 0.05) is 11.8 Å². The first-order chi connectivity index (χ1) is 7.84. The van der Waals surface area contributed by atoms with Crippen molar-refractivity contribution in [2.24, 2.45) is 0 Å². The summed E-state index contributed by atoms with van der Waals surface area (Å²) >= 11 is 0. The van der Waals surface area contributed by atoms with E-state index in [1.807, 2.05) is 24.3 Å². The van der Waals surface area contributed by atoms with Crippen LogP contribution < -0.4 is 0 Å². The number of ether oxygens (including phenoxy) is 1. The molecule has 1 aliphatic rings. The highest BCUT2D eigenvalue weighted by atomic mass is 16.5. The Labute approximate surface area is 93.1 Å². The first-order valence-corrected chi connectivity index (χ1v) is 5.22. The number of aromatic amines is 1. The fourth-order valence-electron chi connectivity index (χ4n) is 1.94. The smallest absolute Gasteiger partial charge is 0.209 e. The van der Waals surface area contributed by atoms with Crippen LogP contribution in [0.1, 0.15) is 27.2 Å². The molecule has 3 nitrogen and oxygen atoms in total. The minimum atomic E-state index is 0.0275. The molecule has 0 fully saturated rings. The van der Waals surface area contributed by atoms with Crippen molar-refractivity contribution in [2.45, 2.75) is 13.2 Å². The van der Waals surface area contributed by atoms with Gasteiger partial charge in [-0.2, -0.15) is 0 Å². The number of carbonyl (C=O) groups is 1. The molecule has 0 saturated heterocycles. The Balaban J connectivity index is 1.99. The predicted molar refractivity (Wildman–Crippen MR) is 59.2 cm³/mol. The largest absolute Gasteiger partial charge is 0.372 e. The number of benzene rings is 1. The Hall–Kier alpha value is -1.87. The minimum absolute atomic E-state index is 0.0275. The van der Waals surface area contributed by atoms with Crippen LogP contribution in [0.3, 0.4) is 0 Å². The van der Waals surface area contributed by atoms with Gasteiger partial charge in [0.1, 0.15) is 0 Å². The third kappa shape index (κ3) is 1.46. The number of fused-ring (bicyclic) bond motifs is 1. The number of carbonyl (C=O) groups excluding carboxylic acids is 1. The van der Waals surface area contributed by atoms with Crippen molar-refractivity contribution in [3.63, 3.8) is 0 Å². The average molecular weight is 213 g/mol. The zero-order valence-electron chi connectivity index (χ0n) is 8.69. The van der Waals surface area contributed by atoms with E-state index < -0.39 is 0 Å². The van der Waals surface area contributed by atoms with E-state index in [9.17, 15) is 4.79 Å². The van der Waals surface area contributed by atoms with Crippen molar-refractivity contribution >= 4 is 5.78 Å². The van der Waals surface area contributed by atoms with Gasteiger partial charge in [-0.05, 0) is 29.3 Å². The molecule has 0 amide bonds. The number of rotatable bonds is 2. The van der Waals surface area contributed by atoms with Gasteiger partial charge in [0.25, 0.3) is 0 Å². The molecular formula is C13H11NO2. The van der Waals surface area contributed by atoms with Gasteiger partial charge < -0.3 is 9.72 Å². The monoisotopic (exact) mass is 213 g/mol. The fraction of sp³-hybridized carbons (Fsp3) is 0.154. The highest BCUT2D eigenvalue weighted by molar-refractivity contribution is 6.07. The number of hydrogen-bond acceptors (Lipinski definition) is 2. The van der Waals surface area contributed by atoms with Gasteiger partial charge in [-0.15, -0.1) is 0 Å². The maximum atomic E-state index is 12.0. The molecule has 80 valence electrons. The molecule has 1 N–H and O–H groups in total. The summed E-state index contributed by atoms with van der Waals surface area (Å²) in [7, 11) is 0. The molecule has 2 aromatic rings. The summed E-state index contributed by atoms with van der Waals surface area (Å²) in [4.78, 5) is 15.0. The van der Waals surface area contributed by atoms with E-state index in [1.165, 1.54) is 5.56 Å². The Morgan fingerprint density at radius 3 is 2.88 bits per heavy atom. The van der Waals surface area contributed by atoms with Crippen LogP contribution in [0.4, 0.5) is 0 Å². The minimum Gasteiger partial charge on any atom is -0.372 e. The summed E-state index contributed by atoms with van der Waals surface area (Å²) in [5.74, 6) is 0.0275. The second kappa shape index (κ2) is 3.61. The lowest BCUT2D eigenvalue weighted by Gasteiger charge is -2.01. The van der Waals surface area contributed by atoms with Crippen molar-refractivity contribution < 1.29 is 9.53 Å². The molecule has 1 aromatic heterocycles. The van der Waals surface area contributed by atoms with E-state index in [0.717, 1.165) is 5.56 Å². The van der Waals surface area contributed by atoms with Gasteiger partial charge in [0.15, 0.2) is 0 Å². The molecule has 0 radical (unpaired) electrons. The van der Waals surface area contributed by atoms with E-state index in [1.54, 1.807) is 12.3 Å². The second-order valence-electron chi connectivity index (χ2n) is 3.89. The molecule has 0 unspecified atom stereocenters. The third-order valence-electron chi connectivity index (χ3n) is 2.83. The summed E-state index contributed by atoms with van der Waals surface area (Å²) in [6.45, 7) is 1.27. The Morgan fingerprint density at radius 1 is 1.19 bits per heavy atom. The van der Waals surface area contributed by atoms with Gasteiger partial charge in [0.05, 0.1) is 18.9 Å². The molecule has 0 aliphatic carbocycles. The first kappa shape index (κ1) is 9.36. The van der Waals surface area contributed by atoms with Crippen LogP contribution in [-0.2, 0) is 18.0 Å². The molecule has 0 spiro atoms. The number of nitrogens with one attached hydrogen (secondary N) is 1. The van der Waals surface area contributed by atoms with Crippen LogP contribution in [-0.4, -0.2) is 10.8 Å². The van der Waals surface area contributed by atoms with Gasteiger partial charge in [-0.1, -0.05) is 12.1 Å². The molecule has 1 aliphatic heterocycles. The normalized spacial score (nSPS) is 13.8. The maximum absolute atomic E-state index is 12.0. The number of hydrogen-bond donors (Lipinski definition) is 1. The molecule has 0 atom stereocenters. The van der Waals surface area contributed by atoms with Crippen LogP contribution in [0.5, 0.6) is 0 Å². The molecule has 2 heterocycles. The third-order valence-corrected chi connectivity index (χ3v) is 2.83. The number of ketones is 1. The topological polar surface area (TPSA) is 42.1 Å². The predicted octanol–water partition coefficient (Wildman–Crippen LogP) is 2.28. The van der Waals surface area contributed by atoms with Crippen molar-refractivity contribution in [1.29, 1.82) is 0 Å². The lowest BCUT2D eigenvalue weighted by molar-refractivity contribution is 0.103. The summed E-state index contributed by atoms with van der Waals surface area (Å²) in [5, 5.41) is 0. The first-order valence-electron chi connectivity index (χ1n) is 5.22. The summed E-state index contributed by atoms with van der Waals surface area (Å²) in [6, 6.07) is 9.36. The maximum Gasteiger partial charge on any atom is 0.209 e. The number of H-pyrrole nitrogens is 1. The zero-order chi connectivity index (χ0) is 11.0. The van der Waals surface area contributed by atoms with Crippen molar-refractivity contribution in [3.8, 4) is 0 Å². The summed E-state index contributed by atoms with van der Waals surface area (Å²) in [5.41, 5.74) is 3.64. The molecular weight excluding hydrogens is 202 g/mol. The highest BCUT2D eigenvalue weighted by Crippen LogP contribution is 2.21. The highest BCUT2D eigenvalue weighted by Gasteiger charge is 2.15. The van der Waals surface area contributed by atoms with Crippen LogP contribution in [0.25, 0.3) is 0 Å². The summed E-state index contributed by atoms with van der Waals surface area (Å²) < 4.78 is 5.32. The van der Waals surface area contributed by atoms with E-state index in [2.05, 4.69) is 4.98 Å². The fourth-order valence-corrected chi connectivity index (χ4v) is 1.94. The zero-order valence-corrected chi connectivity index (χ0v) is 8.69. The quantitative estimate of drug-likeness (QED) is 0.777. The number of aromatic nitrogens is 1. The molecule has 1 aromatic carbocycles. The molecule has 0 saturated carbocycles.